The maximum atomic E-state index is 12.8. The molecule has 2 aromatic carbocycles. The Morgan fingerprint density at radius 1 is 0.964 bits per heavy atom. The maximum Gasteiger partial charge on any atom is 0.249 e. The van der Waals surface area contributed by atoms with Gasteiger partial charge in [0, 0.05) is 29.3 Å². The van der Waals surface area contributed by atoms with Gasteiger partial charge in [-0.05, 0) is 61.4 Å². The number of nitrogen functional groups attached to an aromatic ring is 1. The standard InChI is InChI=1S/C22H23N5O/c1-22(2,27-19-5-3-4-17(14-19)20(23)24)21(28)26-18-8-6-15(7-9-18)16-10-12-25-13-11-16/h3-14,27H,1-2H3,(H3,23,24)(H,26,28). The molecule has 0 saturated carbocycles. The van der Waals surface area contributed by atoms with Crippen LogP contribution in [0.15, 0.2) is 73.1 Å². The van der Waals surface area contributed by atoms with Gasteiger partial charge in [-0.2, -0.15) is 0 Å². The number of hydrogen-bond donors (Lipinski definition) is 4. The largest absolute Gasteiger partial charge is 0.384 e. The fourth-order valence-corrected chi connectivity index (χ4v) is 2.76. The van der Waals surface area contributed by atoms with Crippen LogP contribution in [0.5, 0.6) is 0 Å². The molecule has 0 atom stereocenters. The van der Waals surface area contributed by atoms with Crippen molar-refractivity contribution in [3.8, 4) is 11.1 Å². The number of pyridine rings is 1. The van der Waals surface area contributed by atoms with Crippen molar-refractivity contribution >= 4 is 23.1 Å². The van der Waals surface area contributed by atoms with Crippen LogP contribution in [0.4, 0.5) is 11.4 Å². The number of rotatable bonds is 6. The van der Waals surface area contributed by atoms with Crippen LogP contribution < -0.4 is 16.4 Å². The number of nitrogens with zero attached hydrogens (tertiary/aromatic N) is 1. The summed E-state index contributed by atoms with van der Waals surface area (Å²) in [7, 11) is 0. The second-order valence-electron chi connectivity index (χ2n) is 7.01. The molecule has 5 N–H and O–H groups in total. The van der Waals surface area contributed by atoms with Crippen LogP contribution in [0.25, 0.3) is 11.1 Å². The third kappa shape index (κ3) is 4.54. The first-order chi connectivity index (χ1) is 13.3. The Morgan fingerprint density at radius 3 is 2.25 bits per heavy atom. The van der Waals surface area contributed by atoms with E-state index >= 15 is 0 Å². The van der Waals surface area contributed by atoms with E-state index in [1.807, 2.05) is 42.5 Å². The van der Waals surface area contributed by atoms with E-state index in [2.05, 4.69) is 15.6 Å². The lowest BCUT2D eigenvalue weighted by Crippen LogP contribution is -2.44. The molecule has 6 nitrogen and oxygen atoms in total. The number of nitrogens with one attached hydrogen (secondary N) is 3. The SMILES string of the molecule is CC(C)(Nc1cccc(C(=N)N)c1)C(=O)Nc1ccc(-c2ccncc2)cc1. The minimum atomic E-state index is -0.862. The molecule has 1 heterocycles. The number of hydrogen-bond acceptors (Lipinski definition) is 4. The van der Waals surface area contributed by atoms with Gasteiger partial charge >= 0.3 is 0 Å². The van der Waals surface area contributed by atoms with Gasteiger partial charge in [-0.25, -0.2) is 0 Å². The zero-order valence-electron chi connectivity index (χ0n) is 15.9. The molecule has 0 aliphatic heterocycles. The highest BCUT2D eigenvalue weighted by Crippen LogP contribution is 2.22. The third-order valence-corrected chi connectivity index (χ3v) is 4.35. The van der Waals surface area contributed by atoms with E-state index in [1.54, 1.807) is 44.4 Å². The van der Waals surface area contributed by atoms with Crippen molar-refractivity contribution < 1.29 is 4.79 Å². The normalized spacial score (nSPS) is 10.9. The van der Waals surface area contributed by atoms with Gasteiger partial charge in [-0.15, -0.1) is 0 Å². The summed E-state index contributed by atoms with van der Waals surface area (Å²) >= 11 is 0. The summed E-state index contributed by atoms with van der Waals surface area (Å²) in [5.74, 6) is -0.183. The van der Waals surface area contributed by atoms with Crippen molar-refractivity contribution in [2.45, 2.75) is 19.4 Å². The molecule has 3 aromatic rings. The van der Waals surface area contributed by atoms with Crippen LogP contribution in [0.3, 0.4) is 0 Å². The number of aromatic nitrogens is 1. The molecule has 0 saturated heterocycles. The molecule has 28 heavy (non-hydrogen) atoms. The number of amides is 1. The zero-order chi connectivity index (χ0) is 20.1. The molecule has 0 spiro atoms. The highest BCUT2D eigenvalue weighted by Gasteiger charge is 2.27. The van der Waals surface area contributed by atoms with Crippen molar-refractivity contribution in [2.24, 2.45) is 5.73 Å². The summed E-state index contributed by atoms with van der Waals surface area (Å²) in [6, 6.07) is 18.7. The molecule has 0 radical (unpaired) electrons. The van der Waals surface area contributed by atoms with Crippen molar-refractivity contribution in [3.05, 3.63) is 78.6 Å². The van der Waals surface area contributed by atoms with Crippen molar-refractivity contribution in [2.75, 3.05) is 10.6 Å². The second-order valence-corrected chi connectivity index (χ2v) is 7.01. The van der Waals surface area contributed by atoms with Crippen LogP contribution in [-0.2, 0) is 4.79 Å². The van der Waals surface area contributed by atoms with E-state index in [-0.39, 0.29) is 11.7 Å². The Labute approximate surface area is 164 Å². The van der Waals surface area contributed by atoms with Crippen LogP contribution in [-0.4, -0.2) is 22.3 Å². The smallest absolute Gasteiger partial charge is 0.249 e. The van der Waals surface area contributed by atoms with E-state index in [4.69, 9.17) is 11.1 Å². The first-order valence-electron chi connectivity index (χ1n) is 8.90. The molecule has 142 valence electrons. The highest BCUT2D eigenvalue weighted by molar-refractivity contribution is 6.00. The van der Waals surface area contributed by atoms with Crippen LogP contribution >= 0.6 is 0 Å². The minimum absolute atomic E-state index is 0.0137. The Balaban J connectivity index is 1.69. The van der Waals surface area contributed by atoms with Gasteiger partial charge in [0.25, 0.3) is 0 Å². The molecular formula is C22H23N5O. The van der Waals surface area contributed by atoms with Gasteiger partial charge in [-0.3, -0.25) is 15.2 Å². The Hall–Kier alpha value is -3.67. The predicted molar refractivity (Wildman–Crippen MR) is 113 cm³/mol. The number of amidine groups is 1. The molecule has 0 aliphatic carbocycles. The lowest BCUT2D eigenvalue weighted by molar-refractivity contribution is -0.119. The molecule has 0 unspecified atom stereocenters. The van der Waals surface area contributed by atoms with Crippen molar-refractivity contribution in [1.82, 2.24) is 4.98 Å². The fraction of sp³-hybridized carbons (Fsp3) is 0.136. The number of carbonyl (C=O) groups is 1. The summed E-state index contributed by atoms with van der Waals surface area (Å²) in [6.07, 6.45) is 3.50. The molecule has 3 rings (SSSR count). The van der Waals surface area contributed by atoms with E-state index < -0.39 is 5.54 Å². The molecule has 0 fully saturated rings. The topological polar surface area (TPSA) is 104 Å². The van der Waals surface area contributed by atoms with Crippen LogP contribution in [0.1, 0.15) is 19.4 Å². The van der Waals surface area contributed by atoms with Gasteiger partial charge in [-0.1, -0.05) is 24.3 Å². The number of carbonyl (C=O) groups excluding carboxylic acids is 1. The molecule has 1 aromatic heterocycles. The van der Waals surface area contributed by atoms with E-state index in [0.717, 1.165) is 22.5 Å². The highest BCUT2D eigenvalue weighted by atomic mass is 16.2. The lowest BCUT2D eigenvalue weighted by atomic mass is 10.0. The average Bonchev–Trinajstić information content (AvgIpc) is 2.69. The number of anilines is 2. The fourth-order valence-electron chi connectivity index (χ4n) is 2.76. The average molecular weight is 373 g/mol. The molecule has 0 bridgehead atoms. The zero-order valence-corrected chi connectivity index (χ0v) is 15.9. The van der Waals surface area contributed by atoms with Gasteiger partial charge in [0.1, 0.15) is 11.4 Å². The predicted octanol–water partition coefficient (Wildman–Crippen LogP) is 3.86. The van der Waals surface area contributed by atoms with E-state index in [0.29, 0.717) is 5.56 Å². The van der Waals surface area contributed by atoms with Crippen molar-refractivity contribution in [3.63, 3.8) is 0 Å². The third-order valence-electron chi connectivity index (χ3n) is 4.35. The molecule has 0 aliphatic rings. The quantitative estimate of drug-likeness (QED) is 0.389. The van der Waals surface area contributed by atoms with Crippen LogP contribution in [0, 0.1) is 5.41 Å². The summed E-state index contributed by atoms with van der Waals surface area (Å²) in [5.41, 5.74) is 8.84. The minimum Gasteiger partial charge on any atom is -0.384 e. The van der Waals surface area contributed by atoms with E-state index in [9.17, 15) is 4.79 Å². The van der Waals surface area contributed by atoms with Gasteiger partial charge in [0.15, 0.2) is 0 Å². The number of benzene rings is 2. The first-order valence-corrected chi connectivity index (χ1v) is 8.90. The monoisotopic (exact) mass is 373 g/mol. The summed E-state index contributed by atoms with van der Waals surface area (Å²) in [6.45, 7) is 3.60. The Bertz CT molecular complexity index is 981. The van der Waals surface area contributed by atoms with E-state index in [1.165, 1.54) is 0 Å². The summed E-state index contributed by atoms with van der Waals surface area (Å²) < 4.78 is 0. The Kier molecular flexibility index (Phi) is 5.40. The number of nitrogens with two attached hydrogens (primary N) is 1. The van der Waals surface area contributed by atoms with Gasteiger partial charge in [0.2, 0.25) is 5.91 Å². The Morgan fingerprint density at radius 2 is 1.61 bits per heavy atom. The summed E-state index contributed by atoms with van der Waals surface area (Å²) in [4.78, 5) is 16.8. The lowest BCUT2D eigenvalue weighted by Gasteiger charge is -2.26. The van der Waals surface area contributed by atoms with Crippen molar-refractivity contribution in [1.29, 1.82) is 5.41 Å². The second kappa shape index (κ2) is 7.92. The van der Waals surface area contributed by atoms with Gasteiger partial charge < -0.3 is 16.4 Å². The van der Waals surface area contributed by atoms with Crippen LogP contribution in [0.2, 0.25) is 0 Å². The molecule has 6 heteroatoms. The maximum absolute atomic E-state index is 12.8. The summed E-state index contributed by atoms with van der Waals surface area (Å²) in [5, 5.41) is 13.7. The first kappa shape index (κ1) is 19.1. The molecule has 1 amide bonds. The van der Waals surface area contributed by atoms with Gasteiger partial charge in [0.05, 0.1) is 0 Å². The molecular weight excluding hydrogens is 350 g/mol.